The number of amides is 2. The first-order valence-electron chi connectivity index (χ1n) is 10.3. The molecule has 33 heavy (non-hydrogen) atoms. The molecular formula is C19H24BN5O8. The molecule has 1 fully saturated rings. The summed E-state index contributed by atoms with van der Waals surface area (Å²) in [5.74, 6) is -2.14. The van der Waals surface area contributed by atoms with Crippen LogP contribution < -0.4 is 20.9 Å². The summed E-state index contributed by atoms with van der Waals surface area (Å²) in [7, 11) is 0. The minimum Gasteiger partial charge on any atom is -0.669 e. The topological polar surface area (TPSA) is 205 Å². The lowest BCUT2D eigenvalue weighted by atomic mass is 9.70. The van der Waals surface area contributed by atoms with Gasteiger partial charge in [0.15, 0.2) is 0 Å². The van der Waals surface area contributed by atoms with E-state index in [1.54, 1.807) is 6.07 Å². The van der Waals surface area contributed by atoms with Gasteiger partial charge in [-0.05, 0) is 18.1 Å². The molecule has 3 heterocycles. The molecule has 4 rings (SSSR count). The van der Waals surface area contributed by atoms with E-state index in [9.17, 15) is 29.5 Å². The molecule has 14 heteroatoms. The molecule has 0 saturated carbocycles. The van der Waals surface area contributed by atoms with Gasteiger partial charge < -0.3 is 39.7 Å². The van der Waals surface area contributed by atoms with E-state index < -0.39 is 24.9 Å². The van der Waals surface area contributed by atoms with Gasteiger partial charge in [0.1, 0.15) is 30.0 Å². The molecule has 13 nitrogen and oxygen atoms in total. The average Bonchev–Trinajstić information content (AvgIpc) is 3.15. The number of likely N-dealkylation sites (tertiary alicyclic amines) is 1. The van der Waals surface area contributed by atoms with Gasteiger partial charge in [0.05, 0.1) is 30.9 Å². The Balaban J connectivity index is 1.41. The summed E-state index contributed by atoms with van der Waals surface area (Å²) in [6, 6.07) is 2.09. The number of rotatable bonds is 7. The molecule has 0 radical (unpaired) electrons. The average molecular weight is 461 g/mol. The van der Waals surface area contributed by atoms with Gasteiger partial charge in [0.25, 0.3) is 0 Å². The van der Waals surface area contributed by atoms with Crippen molar-refractivity contribution < 1.29 is 44.7 Å². The summed E-state index contributed by atoms with van der Waals surface area (Å²) in [6.07, 6.45) is 2.64. The Hall–Kier alpha value is -3.46. The minimum absolute atomic E-state index is 0.00716. The van der Waals surface area contributed by atoms with Gasteiger partial charge in [-0.3, -0.25) is 10.5 Å². The van der Waals surface area contributed by atoms with E-state index in [2.05, 4.69) is 10.7 Å². The van der Waals surface area contributed by atoms with Gasteiger partial charge in [-0.25, -0.2) is 14.6 Å². The van der Waals surface area contributed by atoms with Crippen LogP contribution in [0.5, 0.6) is 11.5 Å². The minimum atomic E-state index is -3.14. The predicted octanol–water partition coefficient (Wildman–Crippen LogP) is -2.50. The summed E-state index contributed by atoms with van der Waals surface area (Å²) in [4.78, 5) is 41.1. The molecule has 8 N–H and O–H groups in total. The highest BCUT2D eigenvalue weighted by molar-refractivity contribution is 6.59. The Morgan fingerprint density at radius 1 is 1.33 bits per heavy atom. The number of aryl methyl sites for hydroxylation is 1. The Labute approximate surface area is 187 Å². The summed E-state index contributed by atoms with van der Waals surface area (Å²) in [5, 5.41) is 29.3. The Morgan fingerprint density at radius 2 is 2.06 bits per heavy atom. The normalized spacial score (nSPS) is 18.0. The fraction of sp³-hybridized carbons (Fsp3) is 0.368. The summed E-state index contributed by atoms with van der Waals surface area (Å²) >= 11 is 0. The number of benzene rings is 1. The van der Waals surface area contributed by atoms with Crippen molar-refractivity contribution in [3.63, 3.8) is 0 Å². The molecule has 1 saturated heterocycles. The van der Waals surface area contributed by atoms with E-state index in [1.807, 2.05) is 0 Å². The van der Waals surface area contributed by atoms with Gasteiger partial charge in [-0.1, -0.05) is 12.4 Å². The van der Waals surface area contributed by atoms with E-state index in [0.717, 1.165) is 0 Å². The van der Waals surface area contributed by atoms with Crippen LogP contribution in [0.15, 0.2) is 24.7 Å². The highest BCUT2D eigenvalue weighted by atomic mass is 16.6. The maximum Gasteiger partial charge on any atom is 0.430 e. The summed E-state index contributed by atoms with van der Waals surface area (Å²) in [6.45, 7) is -2.76. The number of nitrogens with zero attached hydrogens (tertiary/aromatic N) is 3. The number of carboxylic acid groups (broad SMARTS) is 1. The molecule has 2 aliphatic heterocycles. The van der Waals surface area contributed by atoms with Crippen LogP contribution in [0.2, 0.25) is 6.32 Å². The molecule has 2 amide bonds. The van der Waals surface area contributed by atoms with Crippen LogP contribution >= 0.6 is 0 Å². The van der Waals surface area contributed by atoms with Crippen LogP contribution in [-0.2, 0) is 22.6 Å². The zero-order valence-electron chi connectivity index (χ0n) is 17.6. The maximum absolute atomic E-state index is 12.6. The summed E-state index contributed by atoms with van der Waals surface area (Å²) < 4.78 is 12.4. The van der Waals surface area contributed by atoms with Gasteiger partial charge in [0, 0.05) is 6.20 Å². The number of nitrogens with two attached hydrogens (primary N) is 1. The lowest BCUT2D eigenvalue weighted by Crippen LogP contribution is -2.58. The number of aromatic carboxylic acids is 1. The number of fused-ring (bicyclic) bond motifs is 1. The molecule has 0 bridgehead atoms. The summed E-state index contributed by atoms with van der Waals surface area (Å²) in [5.41, 5.74) is 9.85. The van der Waals surface area contributed by atoms with Crippen LogP contribution in [0.1, 0.15) is 27.7 Å². The number of quaternary nitrogens is 1. The molecule has 0 aliphatic carbocycles. The van der Waals surface area contributed by atoms with E-state index in [4.69, 9.17) is 15.1 Å². The molecule has 0 spiro atoms. The van der Waals surface area contributed by atoms with Gasteiger partial charge in [0.2, 0.25) is 5.91 Å². The number of carbonyl (C=O) groups is 3. The Kier molecular flexibility index (Phi) is 5.84. The molecule has 176 valence electrons. The number of imidazole rings is 1. The molecule has 1 unspecified atom stereocenters. The van der Waals surface area contributed by atoms with Crippen molar-refractivity contribution in [3.05, 3.63) is 41.5 Å². The third-order valence-electron chi connectivity index (χ3n) is 5.56. The van der Waals surface area contributed by atoms with E-state index in [-0.39, 0.29) is 61.3 Å². The molecule has 2 aliphatic rings. The number of ether oxygens (including phenoxy) is 1. The van der Waals surface area contributed by atoms with Crippen molar-refractivity contribution in [2.24, 2.45) is 5.73 Å². The van der Waals surface area contributed by atoms with Crippen LogP contribution in [0.25, 0.3) is 0 Å². The monoisotopic (exact) mass is 461 g/mol. The van der Waals surface area contributed by atoms with Crippen LogP contribution in [-0.4, -0.2) is 73.3 Å². The van der Waals surface area contributed by atoms with Crippen molar-refractivity contribution in [1.29, 1.82) is 0 Å². The van der Waals surface area contributed by atoms with E-state index in [0.29, 0.717) is 11.3 Å². The lowest BCUT2D eigenvalue weighted by Gasteiger charge is -2.41. The first kappa shape index (κ1) is 22.7. The number of carbonyl (C=O) groups excluding carboxylic acids is 2. The molecule has 2 aromatic rings. The second-order valence-corrected chi connectivity index (χ2v) is 8.22. The van der Waals surface area contributed by atoms with Gasteiger partial charge in [-0.15, -0.1) is 0 Å². The van der Waals surface area contributed by atoms with Crippen LogP contribution in [0.4, 0.5) is 0 Å². The fourth-order valence-corrected chi connectivity index (χ4v) is 3.85. The number of carboxylic acids is 1. The first-order chi connectivity index (χ1) is 15.5. The molecule has 1 aromatic carbocycles. The third kappa shape index (κ3) is 4.68. The highest BCUT2D eigenvalue weighted by Crippen LogP contribution is 2.39. The van der Waals surface area contributed by atoms with Crippen molar-refractivity contribution in [2.75, 3.05) is 13.1 Å². The quantitative estimate of drug-likeness (QED) is 0.274. The number of hydrogen-bond acceptors (Lipinski definition) is 9. The predicted molar refractivity (Wildman–Crippen MR) is 111 cm³/mol. The zero-order chi connectivity index (χ0) is 23.9. The zero-order valence-corrected chi connectivity index (χ0v) is 17.6. The highest BCUT2D eigenvalue weighted by Gasteiger charge is 2.38. The van der Waals surface area contributed by atoms with Crippen molar-refractivity contribution in [3.8, 4) is 11.5 Å². The standard InChI is InChI=1S/C19H23BN5O8/c21-14(26)8-24-7-12(23-9-24)16(22)18(27)25-5-11(6-25)32-13-2-1-10-3-4-20(30,31)33-17(10)15(13)19(28)29/h1-2,7,9,11,16,30-31H,3-6,8,22H2,(H2,21,26)(H,28,29)/q-1/p+1. The smallest absolute Gasteiger partial charge is 0.430 e. The van der Waals surface area contributed by atoms with E-state index in [1.165, 1.54) is 28.1 Å². The first-order valence-corrected chi connectivity index (χ1v) is 10.3. The van der Waals surface area contributed by atoms with Crippen LogP contribution in [0.3, 0.4) is 0 Å². The number of aromatic nitrogens is 2. The maximum atomic E-state index is 12.6. The molecule has 1 aromatic heterocycles. The van der Waals surface area contributed by atoms with Crippen LogP contribution in [0, 0.1) is 0 Å². The third-order valence-corrected chi connectivity index (χ3v) is 5.56. The van der Waals surface area contributed by atoms with Gasteiger partial charge in [-0.2, -0.15) is 0 Å². The molecule has 1 atom stereocenters. The van der Waals surface area contributed by atoms with Crippen molar-refractivity contribution in [1.82, 2.24) is 14.5 Å². The molecular weight excluding hydrogens is 437 g/mol. The number of hydrogen-bond donors (Lipinski definition) is 5. The second kappa shape index (κ2) is 8.48. The van der Waals surface area contributed by atoms with Crippen molar-refractivity contribution in [2.45, 2.75) is 31.4 Å². The van der Waals surface area contributed by atoms with Crippen molar-refractivity contribution >= 4 is 24.5 Å². The largest absolute Gasteiger partial charge is 0.669 e. The van der Waals surface area contributed by atoms with Gasteiger partial charge >= 0.3 is 18.6 Å². The fourth-order valence-electron chi connectivity index (χ4n) is 3.85. The second-order valence-electron chi connectivity index (χ2n) is 8.22. The Morgan fingerprint density at radius 3 is 2.73 bits per heavy atom. The lowest BCUT2D eigenvalue weighted by molar-refractivity contribution is -0.306. The Bertz CT molecular complexity index is 1110. The van der Waals surface area contributed by atoms with E-state index >= 15 is 0 Å². The SMILES string of the molecule is NC(C(=O)N1CC(Oc2ccc3c(c2C(=O)O)O[B-](O)(O)CC3)C1)c1cn(CC([NH3+])=O)cn1.